The Labute approximate surface area is 221 Å². The van der Waals surface area contributed by atoms with E-state index in [2.05, 4.69) is 0 Å². The Kier molecular flexibility index (Phi) is 7.01. The Morgan fingerprint density at radius 1 is 1.18 bits per heavy atom. The van der Waals surface area contributed by atoms with E-state index in [1.807, 2.05) is 0 Å². The third kappa shape index (κ3) is 4.31. The average molecular weight is 550 g/mol. The molecule has 0 unspecified atom stereocenters. The van der Waals surface area contributed by atoms with E-state index in [1.54, 1.807) is 18.9 Å². The summed E-state index contributed by atoms with van der Waals surface area (Å²) in [6.45, 7) is 3.20. The molecular formula is C24H24ClN3O10. The third-order valence-corrected chi connectivity index (χ3v) is 7.16. The van der Waals surface area contributed by atoms with Crippen LogP contribution < -0.4 is 4.74 Å². The van der Waals surface area contributed by atoms with E-state index in [0.717, 1.165) is 18.2 Å². The number of carbonyl (C=O) groups is 3. The number of halogens is 1. The van der Waals surface area contributed by atoms with Gasteiger partial charge in [0.15, 0.2) is 11.8 Å². The number of ketones is 2. The molecule has 0 radical (unpaired) electrons. The Balaban J connectivity index is 1.88. The molecule has 3 atom stereocenters. The standard InChI is InChI=1S/C24H24ClN3O10/c1-4-6-17(29)38-23(2)20(30)16-12-26(3)24(7-5-8-36-24)22(18(16)19(25)21(23)31)37-15-10-13(27(32)33)9-14(11-15)28(34)35/h9-12,22H,4-8H2,1-3H3/t22-,23-,24-/m0/s1. The van der Waals surface area contributed by atoms with E-state index in [-0.39, 0.29) is 23.3 Å². The van der Waals surface area contributed by atoms with Gasteiger partial charge < -0.3 is 19.1 Å². The molecule has 0 aromatic heterocycles. The zero-order chi connectivity index (χ0) is 28.0. The number of non-ortho nitro benzene ring substituents is 2. The van der Waals surface area contributed by atoms with E-state index in [9.17, 15) is 34.6 Å². The molecule has 1 spiro atoms. The maximum absolute atomic E-state index is 13.7. The number of nitro groups is 2. The van der Waals surface area contributed by atoms with E-state index >= 15 is 0 Å². The van der Waals surface area contributed by atoms with Gasteiger partial charge in [0, 0.05) is 43.8 Å². The van der Waals surface area contributed by atoms with Gasteiger partial charge in [0.2, 0.25) is 17.2 Å². The fourth-order valence-corrected chi connectivity index (χ4v) is 5.25. The smallest absolute Gasteiger partial charge is 0.307 e. The van der Waals surface area contributed by atoms with Crippen molar-refractivity contribution in [2.45, 2.75) is 57.0 Å². The third-order valence-electron chi connectivity index (χ3n) is 6.78. The van der Waals surface area contributed by atoms with E-state index in [0.29, 0.717) is 25.9 Å². The number of benzene rings is 1. The van der Waals surface area contributed by atoms with Crippen LogP contribution in [0.25, 0.3) is 0 Å². The van der Waals surface area contributed by atoms with Crippen LogP contribution in [0.4, 0.5) is 11.4 Å². The van der Waals surface area contributed by atoms with Gasteiger partial charge in [0.25, 0.3) is 11.4 Å². The first-order valence-electron chi connectivity index (χ1n) is 11.8. The lowest BCUT2D eigenvalue weighted by molar-refractivity contribution is -0.394. The lowest BCUT2D eigenvalue weighted by Crippen LogP contribution is -2.62. The van der Waals surface area contributed by atoms with Crippen LogP contribution >= 0.6 is 11.6 Å². The second-order valence-electron chi connectivity index (χ2n) is 9.29. The number of likely N-dealkylation sites (N-methyl/N-ethyl adjacent to an activating group) is 1. The van der Waals surface area contributed by atoms with Gasteiger partial charge in [-0.05, 0) is 19.8 Å². The van der Waals surface area contributed by atoms with E-state index < -0.39 is 61.2 Å². The van der Waals surface area contributed by atoms with Crippen molar-refractivity contribution < 1.29 is 38.4 Å². The Bertz CT molecular complexity index is 1280. The summed E-state index contributed by atoms with van der Waals surface area (Å²) >= 11 is 6.56. The molecule has 1 fully saturated rings. The lowest BCUT2D eigenvalue weighted by atomic mass is 9.74. The molecule has 14 heteroatoms. The molecule has 3 aliphatic rings. The summed E-state index contributed by atoms with van der Waals surface area (Å²) < 4.78 is 17.5. The van der Waals surface area contributed by atoms with Gasteiger partial charge in [-0.2, -0.15) is 0 Å². The number of carbonyl (C=O) groups excluding carboxylic acids is 3. The second-order valence-corrected chi connectivity index (χ2v) is 9.67. The van der Waals surface area contributed by atoms with Crippen molar-refractivity contribution >= 4 is 40.5 Å². The monoisotopic (exact) mass is 549 g/mol. The molecule has 0 amide bonds. The number of ether oxygens (including phenoxy) is 3. The van der Waals surface area contributed by atoms with Crippen molar-refractivity contribution in [3.8, 4) is 5.75 Å². The minimum Gasteiger partial charge on any atom is -0.480 e. The van der Waals surface area contributed by atoms with Crippen LogP contribution in [-0.4, -0.2) is 63.4 Å². The highest BCUT2D eigenvalue weighted by atomic mass is 35.5. The first-order valence-corrected chi connectivity index (χ1v) is 12.1. The number of fused-ring (bicyclic) bond motifs is 1. The Hall–Kier alpha value is -3.84. The number of esters is 1. The summed E-state index contributed by atoms with van der Waals surface area (Å²) in [4.78, 5) is 62.1. The number of nitrogens with zero attached hydrogens (tertiary/aromatic N) is 3. The van der Waals surface area contributed by atoms with Gasteiger partial charge >= 0.3 is 5.97 Å². The zero-order valence-corrected chi connectivity index (χ0v) is 21.5. The maximum atomic E-state index is 13.7. The van der Waals surface area contributed by atoms with Crippen LogP contribution in [0.1, 0.15) is 39.5 Å². The van der Waals surface area contributed by atoms with Crippen LogP contribution in [0.15, 0.2) is 40.6 Å². The molecule has 0 saturated carbocycles. The van der Waals surface area contributed by atoms with Crippen molar-refractivity contribution in [3.63, 3.8) is 0 Å². The second kappa shape index (κ2) is 9.80. The van der Waals surface area contributed by atoms with Gasteiger partial charge in [0.1, 0.15) is 5.75 Å². The fraction of sp³-hybridized carbons (Fsp3) is 0.458. The highest BCUT2D eigenvalue weighted by Gasteiger charge is 2.60. The predicted octanol–water partition coefficient (Wildman–Crippen LogP) is 3.33. The molecule has 202 valence electrons. The van der Waals surface area contributed by atoms with E-state index in [4.69, 9.17) is 25.8 Å². The Morgan fingerprint density at radius 3 is 2.34 bits per heavy atom. The van der Waals surface area contributed by atoms with Crippen LogP contribution in [0.5, 0.6) is 5.75 Å². The van der Waals surface area contributed by atoms with Crippen molar-refractivity contribution in [1.82, 2.24) is 4.90 Å². The molecule has 2 heterocycles. The van der Waals surface area contributed by atoms with Crippen LogP contribution in [0, 0.1) is 20.2 Å². The van der Waals surface area contributed by atoms with Gasteiger partial charge in [-0.15, -0.1) is 0 Å². The van der Waals surface area contributed by atoms with Crippen LogP contribution in [0.2, 0.25) is 0 Å². The molecule has 13 nitrogen and oxygen atoms in total. The summed E-state index contributed by atoms with van der Waals surface area (Å²) in [5, 5.41) is 22.4. The SMILES string of the molecule is CCCC(=O)O[C@@]1(C)C(=O)C2=CN(C)[C@]3(CCCO3)[C@@H](Oc3cc([N+](=O)[O-])cc([N+](=O)[O-])c3)C2=C(Cl)C1=O. The highest BCUT2D eigenvalue weighted by molar-refractivity contribution is 6.49. The molecule has 1 saturated heterocycles. The molecule has 38 heavy (non-hydrogen) atoms. The van der Waals surface area contributed by atoms with Gasteiger partial charge in [0.05, 0.1) is 33.1 Å². The summed E-state index contributed by atoms with van der Waals surface area (Å²) in [5.41, 5.74) is -4.82. The van der Waals surface area contributed by atoms with Gasteiger partial charge in [-0.3, -0.25) is 34.6 Å². The van der Waals surface area contributed by atoms with Gasteiger partial charge in [-0.1, -0.05) is 18.5 Å². The number of nitro benzene ring substituents is 2. The van der Waals surface area contributed by atoms with Crippen molar-refractivity contribution in [2.75, 3.05) is 13.7 Å². The maximum Gasteiger partial charge on any atom is 0.307 e. The van der Waals surface area contributed by atoms with Crippen LogP contribution in [-0.2, 0) is 23.9 Å². The van der Waals surface area contributed by atoms with Crippen molar-refractivity contribution in [1.29, 1.82) is 0 Å². The number of Topliss-reactive ketones (excluding diaryl/α,β-unsaturated/α-hetero) is 2. The number of rotatable bonds is 7. The molecule has 1 aliphatic carbocycles. The van der Waals surface area contributed by atoms with E-state index in [1.165, 1.54) is 13.1 Å². The Morgan fingerprint density at radius 2 is 1.82 bits per heavy atom. The molecule has 4 rings (SSSR count). The van der Waals surface area contributed by atoms with Crippen molar-refractivity contribution in [3.05, 3.63) is 60.8 Å². The quantitative estimate of drug-likeness (QED) is 0.211. The summed E-state index contributed by atoms with van der Waals surface area (Å²) in [6, 6.07) is 2.76. The first-order chi connectivity index (χ1) is 17.9. The average Bonchev–Trinajstić information content (AvgIpc) is 3.35. The predicted molar refractivity (Wildman–Crippen MR) is 130 cm³/mol. The normalized spacial score (nSPS) is 26.8. The molecule has 0 bridgehead atoms. The zero-order valence-electron chi connectivity index (χ0n) is 20.7. The first kappa shape index (κ1) is 27.2. The molecular weight excluding hydrogens is 526 g/mol. The summed E-state index contributed by atoms with van der Waals surface area (Å²) in [6.07, 6.45) is 1.47. The van der Waals surface area contributed by atoms with Crippen molar-refractivity contribution in [2.24, 2.45) is 0 Å². The molecule has 1 aromatic rings. The van der Waals surface area contributed by atoms with Crippen LogP contribution in [0.3, 0.4) is 0 Å². The topological polar surface area (TPSA) is 168 Å². The molecule has 2 aliphatic heterocycles. The largest absolute Gasteiger partial charge is 0.480 e. The lowest BCUT2D eigenvalue weighted by Gasteiger charge is -2.49. The van der Waals surface area contributed by atoms with Gasteiger partial charge in [-0.25, -0.2) is 0 Å². The highest BCUT2D eigenvalue weighted by Crippen LogP contribution is 2.48. The summed E-state index contributed by atoms with van der Waals surface area (Å²) in [7, 11) is 1.61. The molecule has 0 N–H and O–H groups in total. The minimum absolute atomic E-state index is 0.0163. The summed E-state index contributed by atoms with van der Waals surface area (Å²) in [5.74, 6) is -2.80. The number of hydrogen-bond acceptors (Lipinski definition) is 11. The minimum atomic E-state index is -2.21. The fourth-order valence-electron chi connectivity index (χ4n) is 4.87. The number of hydrogen-bond donors (Lipinski definition) is 0. The molecule has 1 aromatic carbocycles.